The molecule has 1 saturated carbocycles. The molecular formula is C17H23NO2. The molecule has 2 aliphatic rings. The van der Waals surface area contributed by atoms with Crippen LogP contribution >= 0.6 is 0 Å². The molecule has 0 radical (unpaired) electrons. The standard InChI is InChI=1S/C17H23NO2/c1-2-18-9-10-20-16(12-18)17(19)15-8-4-7-14(11-15)13-5-3-6-13/h4,7-8,11,13,16H,2-3,5-6,9-10,12H2,1H3. The van der Waals surface area contributed by atoms with Gasteiger partial charge >= 0.3 is 0 Å². The predicted octanol–water partition coefficient (Wildman–Crippen LogP) is 2.86. The molecular weight excluding hydrogens is 250 g/mol. The minimum absolute atomic E-state index is 0.143. The second-order valence-corrected chi connectivity index (χ2v) is 5.87. The van der Waals surface area contributed by atoms with E-state index < -0.39 is 0 Å². The van der Waals surface area contributed by atoms with Crippen LogP contribution in [0.15, 0.2) is 24.3 Å². The maximum Gasteiger partial charge on any atom is 0.192 e. The zero-order valence-electron chi connectivity index (χ0n) is 12.2. The van der Waals surface area contributed by atoms with E-state index in [1.165, 1.54) is 24.8 Å². The Balaban J connectivity index is 1.72. The molecule has 0 aromatic heterocycles. The number of ether oxygens (including phenoxy) is 1. The average Bonchev–Trinajstić information content (AvgIpc) is 2.45. The van der Waals surface area contributed by atoms with Crippen LogP contribution in [0.5, 0.6) is 0 Å². The summed E-state index contributed by atoms with van der Waals surface area (Å²) in [6.45, 7) is 5.43. The monoisotopic (exact) mass is 273 g/mol. The van der Waals surface area contributed by atoms with Gasteiger partial charge in [-0.25, -0.2) is 0 Å². The molecule has 1 heterocycles. The highest BCUT2D eigenvalue weighted by molar-refractivity contribution is 5.99. The number of ketones is 1. The van der Waals surface area contributed by atoms with Crippen LogP contribution < -0.4 is 0 Å². The highest BCUT2D eigenvalue weighted by Crippen LogP contribution is 2.36. The van der Waals surface area contributed by atoms with Gasteiger partial charge in [-0.15, -0.1) is 0 Å². The molecule has 1 saturated heterocycles. The normalized spacial score (nSPS) is 24.4. The Kier molecular flexibility index (Phi) is 4.18. The number of morpholine rings is 1. The molecule has 1 aliphatic carbocycles. The summed E-state index contributed by atoms with van der Waals surface area (Å²) in [6.07, 6.45) is 3.56. The van der Waals surface area contributed by atoms with Crippen LogP contribution in [0.4, 0.5) is 0 Å². The van der Waals surface area contributed by atoms with Crippen LogP contribution in [0, 0.1) is 0 Å². The lowest BCUT2D eigenvalue weighted by molar-refractivity contribution is -0.0148. The van der Waals surface area contributed by atoms with Crippen molar-refractivity contribution in [3.8, 4) is 0 Å². The van der Waals surface area contributed by atoms with E-state index in [1.807, 2.05) is 12.1 Å². The van der Waals surface area contributed by atoms with Crippen molar-refractivity contribution in [2.24, 2.45) is 0 Å². The number of Topliss-reactive ketones (excluding diaryl/α,β-unsaturated/α-hetero) is 1. The zero-order valence-corrected chi connectivity index (χ0v) is 12.2. The Bertz CT molecular complexity index is 482. The van der Waals surface area contributed by atoms with Crippen LogP contribution in [0.2, 0.25) is 0 Å². The molecule has 0 amide bonds. The van der Waals surface area contributed by atoms with E-state index in [-0.39, 0.29) is 11.9 Å². The first-order valence-corrected chi connectivity index (χ1v) is 7.76. The Morgan fingerprint density at radius 2 is 2.25 bits per heavy atom. The van der Waals surface area contributed by atoms with Crippen LogP contribution in [-0.2, 0) is 4.74 Å². The number of hydrogen-bond donors (Lipinski definition) is 0. The number of rotatable bonds is 4. The number of carbonyl (C=O) groups is 1. The first-order valence-electron chi connectivity index (χ1n) is 7.76. The number of benzene rings is 1. The molecule has 1 unspecified atom stereocenters. The molecule has 1 aromatic carbocycles. The molecule has 3 nitrogen and oxygen atoms in total. The van der Waals surface area contributed by atoms with E-state index in [1.54, 1.807) is 0 Å². The number of carbonyl (C=O) groups excluding carboxylic acids is 1. The molecule has 3 rings (SSSR count). The summed E-state index contributed by atoms with van der Waals surface area (Å²) in [5.74, 6) is 0.812. The van der Waals surface area contributed by atoms with Gasteiger partial charge in [0.05, 0.1) is 6.61 Å². The Hall–Kier alpha value is -1.19. The summed E-state index contributed by atoms with van der Waals surface area (Å²) in [4.78, 5) is 14.9. The zero-order chi connectivity index (χ0) is 13.9. The number of nitrogens with zero attached hydrogens (tertiary/aromatic N) is 1. The van der Waals surface area contributed by atoms with Crippen molar-refractivity contribution in [3.63, 3.8) is 0 Å². The fourth-order valence-electron chi connectivity index (χ4n) is 3.02. The smallest absolute Gasteiger partial charge is 0.192 e. The molecule has 0 spiro atoms. The van der Waals surface area contributed by atoms with E-state index in [0.717, 1.165) is 25.2 Å². The van der Waals surface area contributed by atoms with E-state index in [2.05, 4.69) is 24.0 Å². The van der Waals surface area contributed by atoms with Gasteiger partial charge in [-0.2, -0.15) is 0 Å². The summed E-state index contributed by atoms with van der Waals surface area (Å²) in [5, 5.41) is 0. The first-order chi connectivity index (χ1) is 9.78. The molecule has 1 aromatic rings. The minimum Gasteiger partial charge on any atom is -0.367 e. The molecule has 2 fully saturated rings. The fourth-order valence-corrected chi connectivity index (χ4v) is 3.02. The summed E-state index contributed by atoms with van der Waals surface area (Å²) >= 11 is 0. The Morgan fingerprint density at radius 1 is 1.40 bits per heavy atom. The van der Waals surface area contributed by atoms with Crippen molar-refractivity contribution >= 4 is 5.78 Å². The highest BCUT2D eigenvalue weighted by atomic mass is 16.5. The van der Waals surface area contributed by atoms with Gasteiger partial charge in [0.15, 0.2) is 5.78 Å². The molecule has 1 aliphatic heterocycles. The maximum absolute atomic E-state index is 12.6. The minimum atomic E-state index is -0.291. The number of likely N-dealkylation sites (N-methyl/N-ethyl adjacent to an activating group) is 1. The lowest BCUT2D eigenvalue weighted by Gasteiger charge is -2.31. The summed E-state index contributed by atoms with van der Waals surface area (Å²) < 4.78 is 5.68. The van der Waals surface area contributed by atoms with Gasteiger partial charge in [0.1, 0.15) is 6.10 Å². The van der Waals surface area contributed by atoms with E-state index in [4.69, 9.17) is 4.74 Å². The lowest BCUT2D eigenvalue weighted by Crippen LogP contribution is -2.45. The van der Waals surface area contributed by atoms with E-state index in [0.29, 0.717) is 12.5 Å². The van der Waals surface area contributed by atoms with Gasteiger partial charge in [0.25, 0.3) is 0 Å². The summed E-state index contributed by atoms with van der Waals surface area (Å²) in [6, 6.07) is 8.18. The summed E-state index contributed by atoms with van der Waals surface area (Å²) in [5.41, 5.74) is 2.14. The topological polar surface area (TPSA) is 29.5 Å². The Labute approximate surface area is 120 Å². The molecule has 1 atom stereocenters. The second-order valence-electron chi connectivity index (χ2n) is 5.87. The average molecular weight is 273 g/mol. The van der Waals surface area contributed by atoms with Gasteiger partial charge in [-0.05, 0) is 36.9 Å². The largest absolute Gasteiger partial charge is 0.367 e. The quantitative estimate of drug-likeness (QED) is 0.790. The van der Waals surface area contributed by atoms with Crippen LogP contribution in [-0.4, -0.2) is 43.0 Å². The fraction of sp³-hybridized carbons (Fsp3) is 0.588. The van der Waals surface area contributed by atoms with Gasteiger partial charge in [-0.1, -0.05) is 31.5 Å². The molecule has 108 valence electrons. The third-order valence-corrected chi connectivity index (χ3v) is 4.64. The van der Waals surface area contributed by atoms with Crippen molar-refractivity contribution in [2.45, 2.75) is 38.2 Å². The van der Waals surface area contributed by atoms with Crippen molar-refractivity contribution < 1.29 is 9.53 Å². The van der Waals surface area contributed by atoms with Crippen molar-refractivity contribution in [1.82, 2.24) is 4.90 Å². The third kappa shape index (κ3) is 2.79. The maximum atomic E-state index is 12.6. The number of hydrogen-bond acceptors (Lipinski definition) is 3. The first kappa shape index (κ1) is 13.8. The van der Waals surface area contributed by atoms with Crippen LogP contribution in [0.3, 0.4) is 0 Å². The SMILES string of the molecule is CCN1CCOC(C(=O)c2cccc(C3CCC3)c2)C1. The molecule has 0 N–H and O–H groups in total. The second kappa shape index (κ2) is 6.06. The molecule has 20 heavy (non-hydrogen) atoms. The lowest BCUT2D eigenvalue weighted by atomic mass is 9.79. The highest BCUT2D eigenvalue weighted by Gasteiger charge is 2.27. The van der Waals surface area contributed by atoms with E-state index >= 15 is 0 Å². The predicted molar refractivity (Wildman–Crippen MR) is 79.2 cm³/mol. The third-order valence-electron chi connectivity index (χ3n) is 4.64. The van der Waals surface area contributed by atoms with Gasteiger partial charge in [0, 0.05) is 18.7 Å². The van der Waals surface area contributed by atoms with Crippen LogP contribution in [0.1, 0.15) is 48.0 Å². The Morgan fingerprint density at radius 3 is 2.95 bits per heavy atom. The van der Waals surface area contributed by atoms with Gasteiger partial charge in [0.2, 0.25) is 0 Å². The van der Waals surface area contributed by atoms with Crippen molar-refractivity contribution in [1.29, 1.82) is 0 Å². The molecule has 0 bridgehead atoms. The van der Waals surface area contributed by atoms with Crippen molar-refractivity contribution in [2.75, 3.05) is 26.2 Å². The van der Waals surface area contributed by atoms with Gasteiger partial charge in [-0.3, -0.25) is 9.69 Å². The van der Waals surface area contributed by atoms with Crippen molar-refractivity contribution in [3.05, 3.63) is 35.4 Å². The van der Waals surface area contributed by atoms with E-state index in [9.17, 15) is 4.79 Å². The van der Waals surface area contributed by atoms with Gasteiger partial charge < -0.3 is 4.74 Å². The summed E-state index contributed by atoms with van der Waals surface area (Å²) in [7, 11) is 0. The van der Waals surface area contributed by atoms with Crippen LogP contribution in [0.25, 0.3) is 0 Å². The molecule has 3 heteroatoms.